The zero-order valence-electron chi connectivity index (χ0n) is 17.7. The van der Waals surface area contributed by atoms with Crippen molar-refractivity contribution in [1.82, 2.24) is 0 Å². The molecule has 10 heteroatoms. The topological polar surface area (TPSA) is 123 Å². The quantitative estimate of drug-likeness (QED) is 0.294. The SMILES string of the molecule is COc1ccc(NS(=O)(=O)c2ccc(N/N=C/c3cc(C)ccc3C)c([N+](=O)[O-])c2)cc1. The highest BCUT2D eigenvalue weighted by Crippen LogP contribution is 2.29. The molecule has 0 unspecified atom stereocenters. The maximum atomic E-state index is 12.7. The Bertz CT molecular complexity index is 1270. The summed E-state index contributed by atoms with van der Waals surface area (Å²) < 4.78 is 32.8. The third-order valence-electron chi connectivity index (χ3n) is 4.64. The van der Waals surface area contributed by atoms with Crippen LogP contribution in [0, 0.1) is 24.0 Å². The first-order valence-corrected chi connectivity index (χ1v) is 11.0. The molecular weight excluding hydrogens is 432 g/mol. The molecule has 0 radical (unpaired) electrons. The summed E-state index contributed by atoms with van der Waals surface area (Å²) in [7, 11) is -2.54. The minimum absolute atomic E-state index is 0.0694. The minimum atomic E-state index is -4.04. The standard InChI is InChI=1S/C22H22N4O5S/c1-15-4-5-16(2)17(12-15)14-23-24-21-11-10-20(13-22(21)26(27)28)32(29,30)25-18-6-8-19(31-3)9-7-18/h4-14,24-25H,1-3H3/b23-14+. The molecule has 0 atom stereocenters. The van der Waals surface area contributed by atoms with Crippen LogP contribution in [0.4, 0.5) is 17.1 Å². The highest BCUT2D eigenvalue weighted by Gasteiger charge is 2.21. The fourth-order valence-corrected chi connectivity index (χ4v) is 3.95. The van der Waals surface area contributed by atoms with Gasteiger partial charge in [-0.05, 0) is 61.4 Å². The highest BCUT2D eigenvalue weighted by atomic mass is 32.2. The zero-order valence-corrected chi connectivity index (χ0v) is 18.5. The molecule has 32 heavy (non-hydrogen) atoms. The van der Waals surface area contributed by atoms with E-state index in [1.54, 1.807) is 18.3 Å². The second-order valence-electron chi connectivity index (χ2n) is 7.00. The van der Waals surface area contributed by atoms with Crippen LogP contribution in [-0.4, -0.2) is 26.7 Å². The van der Waals surface area contributed by atoms with Gasteiger partial charge in [0.2, 0.25) is 0 Å². The van der Waals surface area contributed by atoms with Crippen molar-refractivity contribution in [3.63, 3.8) is 0 Å². The number of anilines is 2. The van der Waals surface area contributed by atoms with Crippen molar-refractivity contribution in [2.24, 2.45) is 5.10 Å². The van der Waals surface area contributed by atoms with Gasteiger partial charge in [0.05, 0.1) is 23.1 Å². The Hall–Kier alpha value is -3.92. The van der Waals surface area contributed by atoms with Gasteiger partial charge < -0.3 is 4.74 Å². The predicted octanol–water partition coefficient (Wildman–Crippen LogP) is 4.47. The zero-order chi connectivity index (χ0) is 23.3. The fourth-order valence-electron chi connectivity index (χ4n) is 2.87. The maximum Gasteiger partial charge on any atom is 0.295 e. The van der Waals surface area contributed by atoms with Crippen LogP contribution in [0.2, 0.25) is 0 Å². The second kappa shape index (κ2) is 9.48. The summed E-state index contributed by atoms with van der Waals surface area (Å²) >= 11 is 0. The first-order chi connectivity index (χ1) is 15.2. The van der Waals surface area contributed by atoms with E-state index in [-0.39, 0.29) is 10.6 Å². The lowest BCUT2D eigenvalue weighted by Crippen LogP contribution is -2.13. The van der Waals surface area contributed by atoms with Crippen LogP contribution in [0.3, 0.4) is 0 Å². The average Bonchev–Trinajstić information content (AvgIpc) is 2.76. The number of nitrogens with one attached hydrogen (secondary N) is 2. The van der Waals surface area contributed by atoms with Crippen LogP contribution in [-0.2, 0) is 10.0 Å². The number of methoxy groups -OCH3 is 1. The Kier molecular flexibility index (Phi) is 6.74. The number of benzene rings is 3. The molecular formula is C22H22N4O5S. The summed E-state index contributed by atoms with van der Waals surface area (Å²) in [6.45, 7) is 3.88. The lowest BCUT2D eigenvalue weighted by atomic mass is 10.1. The van der Waals surface area contributed by atoms with E-state index in [1.165, 1.54) is 31.4 Å². The molecule has 3 rings (SSSR count). The normalized spacial score (nSPS) is 11.3. The van der Waals surface area contributed by atoms with E-state index >= 15 is 0 Å². The smallest absolute Gasteiger partial charge is 0.295 e. The van der Waals surface area contributed by atoms with Crippen molar-refractivity contribution >= 4 is 33.3 Å². The molecule has 0 aliphatic heterocycles. The monoisotopic (exact) mass is 454 g/mol. The molecule has 0 fully saturated rings. The third kappa shape index (κ3) is 5.41. The van der Waals surface area contributed by atoms with E-state index in [0.717, 1.165) is 22.8 Å². The molecule has 0 saturated carbocycles. The van der Waals surface area contributed by atoms with Crippen molar-refractivity contribution in [3.05, 3.63) is 87.5 Å². The van der Waals surface area contributed by atoms with Gasteiger partial charge in [0.25, 0.3) is 15.7 Å². The summed E-state index contributed by atoms with van der Waals surface area (Å²) in [5.74, 6) is 0.570. The predicted molar refractivity (Wildman–Crippen MR) is 124 cm³/mol. The molecule has 0 heterocycles. The fraction of sp³-hybridized carbons (Fsp3) is 0.136. The van der Waals surface area contributed by atoms with Crippen molar-refractivity contribution < 1.29 is 18.1 Å². The number of hydrogen-bond donors (Lipinski definition) is 2. The van der Waals surface area contributed by atoms with Crippen LogP contribution in [0.1, 0.15) is 16.7 Å². The molecule has 0 aromatic heterocycles. The van der Waals surface area contributed by atoms with Crippen molar-refractivity contribution in [3.8, 4) is 5.75 Å². The summed E-state index contributed by atoms with van der Waals surface area (Å²) in [6.07, 6.45) is 1.56. The Morgan fingerprint density at radius 1 is 1.03 bits per heavy atom. The molecule has 0 aliphatic rings. The molecule has 0 spiro atoms. The van der Waals surface area contributed by atoms with Crippen molar-refractivity contribution in [2.75, 3.05) is 17.3 Å². The number of ether oxygens (including phenoxy) is 1. The van der Waals surface area contributed by atoms with Crippen LogP contribution in [0.5, 0.6) is 5.75 Å². The van der Waals surface area contributed by atoms with Crippen molar-refractivity contribution in [1.29, 1.82) is 0 Å². The molecule has 0 aliphatic carbocycles. The van der Waals surface area contributed by atoms with Gasteiger partial charge in [0.1, 0.15) is 11.4 Å². The molecule has 166 valence electrons. The first kappa shape index (κ1) is 22.8. The average molecular weight is 455 g/mol. The Labute approximate surface area is 185 Å². The highest BCUT2D eigenvalue weighted by molar-refractivity contribution is 7.92. The van der Waals surface area contributed by atoms with Gasteiger partial charge in [-0.1, -0.05) is 23.8 Å². The van der Waals surface area contributed by atoms with E-state index in [0.29, 0.717) is 11.4 Å². The number of nitrogens with zero attached hydrogens (tertiary/aromatic N) is 2. The van der Waals surface area contributed by atoms with Gasteiger partial charge in [-0.2, -0.15) is 5.10 Å². The van der Waals surface area contributed by atoms with E-state index in [4.69, 9.17) is 4.74 Å². The van der Waals surface area contributed by atoms with Gasteiger partial charge in [-0.25, -0.2) is 8.42 Å². The lowest BCUT2D eigenvalue weighted by Gasteiger charge is -2.10. The molecule has 0 bridgehead atoms. The lowest BCUT2D eigenvalue weighted by molar-refractivity contribution is -0.384. The Balaban J connectivity index is 1.84. The van der Waals surface area contributed by atoms with Crippen LogP contribution in [0.25, 0.3) is 0 Å². The Morgan fingerprint density at radius 3 is 2.41 bits per heavy atom. The maximum absolute atomic E-state index is 12.7. The number of nitro groups is 1. The molecule has 3 aromatic rings. The van der Waals surface area contributed by atoms with E-state index in [1.807, 2.05) is 32.0 Å². The number of hydrazone groups is 1. The summed E-state index contributed by atoms with van der Waals surface area (Å²) in [6, 6.07) is 15.7. The van der Waals surface area contributed by atoms with E-state index < -0.39 is 20.6 Å². The van der Waals surface area contributed by atoms with Crippen LogP contribution >= 0.6 is 0 Å². The number of hydrogen-bond acceptors (Lipinski definition) is 7. The van der Waals surface area contributed by atoms with Crippen LogP contribution < -0.4 is 14.9 Å². The first-order valence-electron chi connectivity index (χ1n) is 9.51. The minimum Gasteiger partial charge on any atom is -0.497 e. The molecule has 0 saturated heterocycles. The second-order valence-corrected chi connectivity index (χ2v) is 8.68. The summed E-state index contributed by atoms with van der Waals surface area (Å²) in [5.41, 5.74) is 5.51. The largest absolute Gasteiger partial charge is 0.497 e. The molecule has 2 N–H and O–H groups in total. The third-order valence-corrected chi connectivity index (χ3v) is 6.02. The molecule has 3 aromatic carbocycles. The number of aryl methyl sites for hydroxylation is 2. The van der Waals surface area contributed by atoms with Gasteiger partial charge in [0.15, 0.2) is 0 Å². The van der Waals surface area contributed by atoms with Crippen molar-refractivity contribution in [2.45, 2.75) is 18.7 Å². The number of nitro benzene ring substituents is 1. The summed E-state index contributed by atoms with van der Waals surface area (Å²) in [5, 5.41) is 15.6. The van der Waals surface area contributed by atoms with E-state index in [2.05, 4.69) is 15.2 Å². The van der Waals surface area contributed by atoms with E-state index in [9.17, 15) is 18.5 Å². The summed E-state index contributed by atoms with van der Waals surface area (Å²) in [4.78, 5) is 10.6. The van der Waals surface area contributed by atoms with Crippen LogP contribution in [0.15, 0.2) is 70.7 Å². The van der Waals surface area contributed by atoms with Gasteiger partial charge in [-0.3, -0.25) is 20.3 Å². The molecule has 0 amide bonds. The number of rotatable bonds is 8. The van der Waals surface area contributed by atoms with Gasteiger partial charge >= 0.3 is 0 Å². The molecule has 9 nitrogen and oxygen atoms in total. The van der Waals surface area contributed by atoms with Gasteiger partial charge in [-0.15, -0.1) is 0 Å². The van der Waals surface area contributed by atoms with Gasteiger partial charge in [0, 0.05) is 11.8 Å². The Morgan fingerprint density at radius 2 is 1.75 bits per heavy atom. The number of sulfonamides is 1.